The van der Waals surface area contributed by atoms with Crippen molar-refractivity contribution in [2.45, 2.75) is 13.0 Å². The molecule has 0 unspecified atom stereocenters. The van der Waals surface area contributed by atoms with Gasteiger partial charge in [-0.05, 0) is 6.92 Å². The van der Waals surface area contributed by atoms with E-state index >= 15 is 0 Å². The molecule has 0 bridgehead atoms. The molecule has 0 aliphatic heterocycles. The van der Waals surface area contributed by atoms with Gasteiger partial charge in [-0.3, -0.25) is 4.79 Å². The summed E-state index contributed by atoms with van der Waals surface area (Å²) in [5.74, 6) is -0.218. The molecule has 66 valence electrons. The van der Waals surface area contributed by atoms with E-state index in [0.717, 1.165) is 0 Å². The molecular formula is C7H10N2O3. The van der Waals surface area contributed by atoms with Crippen LogP contribution in [-0.4, -0.2) is 28.6 Å². The molecular weight excluding hydrogens is 160 g/mol. The van der Waals surface area contributed by atoms with Gasteiger partial charge in [0, 0.05) is 6.54 Å². The van der Waals surface area contributed by atoms with Gasteiger partial charge in [0.05, 0.1) is 12.3 Å². The lowest BCUT2D eigenvalue weighted by molar-refractivity contribution is 0.0896. The van der Waals surface area contributed by atoms with Gasteiger partial charge >= 0.3 is 0 Å². The highest BCUT2D eigenvalue weighted by Crippen LogP contribution is 1.95. The molecule has 12 heavy (non-hydrogen) atoms. The predicted molar refractivity (Wildman–Crippen MR) is 40.5 cm³/mol. The van der Waals surface area contributed by atoms with Gasteiger partial charge in [0.2, 0.25) is 5.76 Å². The minimum absolute atomic E-state index is 0.149. The van der Waals surface area contributed by atoms with Crippen molar-refractivity contribution in [1.82, 2.24) is 10.3 Å². The fourth-order valence-corrected chi connectivity index (χ4v) is 0.655. The lowest BCUT2D eigenvalue weighted by atomic mass is 10.4. The number of amides is 1. The maximum atomic E-state index is 11.1. The van der Waals surface area contributed by atoms with Crippen LogP contribution in [0.2, 0.25) is 0 Å². The Bertz CT molecular complexity index is 243. The Balaban J connectivity index is 2.40. The maximum absolute atomic E-state index is 11.1. The van der Waals surface area contributed by atoms with Crippen molar-refractivity contribution in [2.24, 2.45) is 0 Å². The van der Waals surface area contributed by atoms with Crippen LogP contribution < -0.4 is 5.32 Å². The number of carbonyl (C=O) groups excluding carboxylic acids is 1. The number of aliphatic hydroxyl groups excluding tert-OH is 1. The number of carbonyl (C=O) groups is 1. The highest BCUT2D eigenvalue weighted by atomic mass is 16.3. The standard InChI is InChI=1S/C7H10N2O3/c1-5(10)2-9-7(11)6-3-8-4-12-6/h3-5,10H,2H2,1H3,(H,9,11)/t5-/m1/s1. The van der Waals surface area contributed by atoms with E-state index < -0.39 is 6.10 Å². The quantitative estimate of drug-likeness (QED) is 0.657. The number of oxazole rings is 1. The minimum atomic E-state index is -0.558. The molecule has 1 amide bonds. The van der Waals surface area contributed by atoms with E-state index in [0.29, 0.717) is 0 Å². The molecule has 0 saturated carbocycles. The second-order valence-corrected chi connectivity index (χ2v) is 2.42. The first-order valence-corrected chi connectivity index (χ1v) is 3.55. The van der Waals surface area contributed by atoms with E-state index in [1.165, 1.54) is 12.6 Å². The van der Waals surface area contributed by atoms with Crippen molar-refractivity contribution < 1.29 is 14.3 Å². The van der Waals surface area contributed by atoms with Crippen LogP contribution in [0.25, 0.3) is 0 Å². The summed E-state index contributed by atoms with van der Waals surface area (Å²) in [5.41, 5.74) is 0. The average molecular weight is 170 g/mol. The maximum Gasteiger partial charge on any atom is 0.288 e. The molecule has 0 aliphatic carbocycles. The number of rotatable bonds is 3. The largest absolute Gasteiger partial charge is 0.438 e. The summed E-state index contributed by atoms with van der Waals surface area (Å²) in [7, 11) is 0. The summed E-state index contributed by atoms with van der Waals surface area (Å²) in [6, 6.07) is 0. The number of nitrogens with one attached hydrogen (secondary N) is 1. The van der Waals surface area contributed by atoms with Crippen molar-refractivity contribution >= 4 is 5.91 Å². The molecule has 0 spiro atoms. The van der Waals surface area contributed by atoms with Gasteiger partial charge < -0.3 is 14.8 Å². The molecule has 1 heterocycles. The minimum Gasteiger partial charge on any atom is -0.438 e. The summed E-state index contributed by atoms with van der Waals surface area (Å²) in [5, 5.41) is 11.3. The van der Waals surface area contributed by atoms with E-state index in [1.807, 2.05) is 0 Å². The van der Waals surface area contributed by atoms with E-state index in [9.17, 15) is 4.79 Å². The van der Waals surface area contributed by atoms with Crippen molar-refractivity contribution in [2.75, 3.05) is 6.54 Å². The van der Waals surface area contributed by atoms with Gasteiger partial charge in [0.15, 0.2) is 6.39 Å². The molecule has 1 atom stereocenters. The van der Waals surface area contributed by atoms with Crippen LogP contribution in [0.1, 0.15) is 17.5 Å². The Hall–Kier alpha value is -1.36. The molecule has 1 aromatic heterocycles. The molecule has 0 aromatic carbocycles. The number of aliphatic hydroxyl groups is 1. The molecule has 1 rings (SSSR count). The van der Waals surface area contributed by atoms with Gasteiger partial charge in [0.1, 0.15) is 0 Å². The normalized spacial score (nSPS) is 12.5. The van der Waals surface area contributed by atoms with Gasteiger partial charge in [0.25, 0.3) is 5.91 Å². The SMILES string of the molecule is C[C@@H](O)CNC(=O)c1cnco1. The molecule has 0 saturated heterocycles. The molecule has 5 heteroatoms. The zero-order chi connectivity index (χ0) is 8.97. The van der Waals surface area contributed by atoms with E-state index in [1.54, 1.807) is 6.92 Å². The van der Waals surface area contributed by atoms with Gasteiger partial charge in [-0.1, -0.05) is 0 Å². The fraction of sp³-hybridized carbons (Fsp3) is 0.429. The van der Waals surface area contributed by atoms with Crippen LogP contribution in [0.3, 0.4) is 0 Å². The first-order chi connectivity index (χ1) is 5.70. The summed E-state index contributed by atoms with van der Waals surface area (Å²) < 4.78 is 4.72. The van der Waals surface area contributed by atoms with Crippen molar-refractivity contribution in [3.8, 4) is 0 Å². The van der Waals surface area contributed by atoms with Crippen LogP contribution >= 0.6 is 0 Å². The number of nitrogens with zero attached hydrogens (tertiary/aromatic N) is 1. The van der Waals surface area contributed by atoms with E-state index in [-0.39, 0.29) is 18.2 Å². The molecule has 2 N–H and O–H groups in total. The third-order valence-corrected chi connectivity index (χ3v) is 1.21. The molecule has 5 nitrogen and oxygen atoms in total. The summed E-state index contributed by atoms with van der Waals surface area (Å²) in [4.78, 5) is 14.6. The first kappa shape index (κ1) is 8.73. The van der Waals surface area contributed by atoms with Gasteiger partial charge in [-0.2, -0.15) is 0 Å². The molecule has 0 radical (unpaired) electrons. The van der Waals surface area contributed by atoms with Crippen LogP contribution in [-0.2, 0) is 0 Å². The Morgan fingerprint density at radius 1 is 1.92 bits per heavy atom. The van der Waals surface area contributed by atoms with Gasteiger partial charge in [-0.25, -0.2) is 4.98 Å². The lowest BCUT2D eigenvalue weighted by Gasteiger charge is -2.03. The van der Waals surface area contributed by atoms with E-state index in [4.69, 9.17) is 9.52 Å². The van der Waals surface area contributed by atoms with Crippen LogP contribution in [0.15, 0.2) is 17.0 Å². The monoisotopic (exact) mass is 170 g/mol. The zero-order valence-electron chi connectivity index (χ0n) is 6.65. The van der Waals surface area contributed by atoms with Crippen LogP contribution in [0.4, 0.5) is 0 Å². The van der Waals surface area contributed by atoms with E-state index in [2.05, 4.69) is 10.3 Å². The predicted octanol–water partition coefficient (Wildman–Crippen LogP) is -0.215. The van der Waals surface area contributed by atoms with Crippen molar-refractivity contribution in [3.63, 3.8) is 0 Å². The molecule has 1 aromatic rings. The van der Waals surface area contributed by atoms with Gasteiger partial charge in [-0.15, -0.1) is 0 Å². The van der Waals surface area contributed by atoms with Crippen molar-refractivity contribution in [1.29, 1.82) is 0 Å². The Labute approximate surface area is 69.4 Å². The molecule has 0 aliphatic rings. The smallest absolute Gasteiger partial charge is 0.288 e. The van der Waals surface area contributed by atoms with Crippen LogP contribution in [0, 0.1) is 0 Å². The van der Waals surface area contributed by atoms with Crippen LogP contribution in [0.5, 0.6) is 0 Å². The van der Waals surface area contributed by atoms with Crippen molar-refractivity contribution in [3.05, 3.63) is 18.4 Å². The summed E-state index contributed by atoms with van der Waals surface area (Å²) in [6.45, 7) is 1.79. The number of hydrogen-bond acceptors (Lipinski definition) is 4. The average Bonchev–Trinajstić information content (AvgIpc) is 2.51. The highest BCUT2D eigenvalue weighted by Gasteiger charge is 2.08. The Morgan fingerprint density at radius 2 is 2.67 bits per heavy atom. The zero-order valence-corrected chi connectivity index (χ0v) is 6.65. The highest BCUT2D eigenvalue weighted by molar-refractivity contribution is 5.90. The second-order valence-electron chi connectivity index (χ2n) is 2.42. The third kappa shape index (κ3) is 2.35. The topological polar surface area (TPSA) is 75.4 Å². The summed E-state index contributed by atoms with van der Waals surface area (Å²) in [6.07, 6.45) is 1.94. The summed E-state index contributed by atoms with van der Waals surface area (Å²) >= 11 is 0. The number of hydrogen-bond donors (Lipinski definition) is 2. The third-order valence-electron chi connectivity index (χ3n) is 1.21. The first-order valence-electron chi connectivity index (χ1n) is 3.55. The second kappa shape index (κ2) is 3.87. The lowest BCUT2D eigenvalue weighted by Crippen LogP contribution is -2.30. The molecule has 0 fully saturated rings. The number of aromatic nitrogens is 1. The Kier molecular flexibility index (Phi) is 2.82. The fourth-order valence-electron chi connectivity index (χ4n) is 0.655. The Morgan fingerprint density at radius 3 is 3.17 bits per heavy atom.